The molecule has 0 bridgehead atoms. The van der Waals surface area contributed by atoms with Gasteiger partial charge in [-0.1, -0.05) is 66.2 Å². The summed E-state index contributed by atoms with van der Waals surface area (Å²) in [6.07, 6.45) is 1.51. The van der Waals surface area contributed by atoms with E-state index in [-0.39, 0.29) is 5.92 Å². The fourth-order valence-electron chi connectivity index (χ4n) is 5.15. The summed E-state index contributed by atoms with van der Waals surface area (Å²) in [5, 5.41) is 6.24. The Morgan fingerprint density at radius 3 is 2.36 bits per heavy atom. The summed E-state index contributed by atoms with van der Waals surface area (Å²) in [4.78, 5) is 9.20. The van der Waals surface area contributed by atoms with Crippen LogP contribution >= 0.6 is 11.6 Å². The van der Waals surface area contributed by atoms with Crippen molar-refractivity contribution in [2.75, 3.05) is 26.6 Å². The van der Waals surface area contributed by atoms with Crippen LogP contribution in [0.15, 0.2) is 79.1 Å². The molecule has 1 N–H and O–H groups in total. The number of nitrogens with one attached hydrogen (secondary N) is 1. The van der Waals surface area contributed by atoms with Gasteiger partial charge in [-0.15, -0.1) is 0 Å². The summed E-state index contributed by atoms with van der Waals surface area (Å²) in [7, 11) is 4.82. The lowest BCUT2D eigenvalue weighted by atomic mass is 9.82. The fourth-order valence-corrected chi connectivity index (χ4v) is 5.35. The topological polar surface area (TPSA) is 74.7 Å². The Labute approximate surface area is 231 Å². The first-order valence-corrected chi connectivity index (χ1v) is 12.8. The van der Waals surface area contributed by atoms with E-state index in [4.69, 9.17) is 30.5 Å². The van der Waals surface area contributed by atoms with Gasteiger partial charge in [0.05, 0.1) is 26.9 Å². The molecule has 39 heavy (non-hydrogen) atoms. The van der Waals surface area contributed by atoms with Crippen molar-refractivity contribution < 1.29 is 18.9 Å². The van der Waals surface area contributed by atoms with Gasteiger partial charge < -0.3 is 24.3 Å². The quantitative estimate of drug-likeness (QED) is 0.230. The molecule has 0 aliphatic carbocycles. The van der Waals surface area contributed by atoms with Crippen molar-refractivity contribution in [2.45, 2.75) is 12.5 Å². The van der Waals surface area contributed by atoms with E-state index in [9.17, 15) is 0 Å². The first kappa shape index (κ1) is 24.8. The average Bonchev–Trinajstić information content (AvgIpc) is 2.98. The lowest BCUT2D eigenvalue weighted by molar-refractivity contribution is 0.323. The van der Waals surface area contributed by atoms with Crippen LogP contribution in [-0.2, 0) is 6.54 Å². The number of benzene rings is 4. The van der Waals surface area contributed by atoms with Crippen molar-refractivity contribution in [3.05, 3.63) is 106 Å². The second-order valence-electron chi connectivity index (χ2n) is 9.08. The molecular formula is C31H26ClN3O4. The van der Waals surface area contributed by atoms with Gasteiger partial charge in [0.1, 0.15) is 17.9 Å². The van der Waals surface area contributed by atoms with Gasteiger partial charge in [-0.25, -0.2) is 9.97 Å². The number of halogens is 1. The normalized spacial score (nSPS) is 13.7. The summed E-state index contributed by atoms with van der Waals surface area (Å²) < 4.78 is 23.5. The summed E-state index contributed by atoms with van der Waals surface area (Å²) >= 11 is 6.44. The molecule has 0 fully saturated rings. The van der Waals surface area contributed by atoms with Gasteiger partial charge in [-0.3, -0.25) is 0 Å². The van der Waals surface area contributed by atoms with E-state index in [0.717, 1.165) is 38.8 Å². The van der Waals surface area contributed by atoms with Crippen LogP contribution in [0.5, 0.6) is 28.9 Å². The van der Waals surface area contributed by atoms with Gasteiger partial charge in [-0.2, -0.15) is 0 Å². The predicted molar refractivity (Wildman–Crippen MR) is 152 cm³/mol. The monoisotopic (exact) mass is 539 g/mol. The van der Waals surface area contributed by atoms with Crippen LogP contribution in [0.4, 0.5) is 5.82 Å². The standard InChI is InChI=1S/C31H26ClN3O4/c1-36-24-14-20(15-25(37-2)29(24)38-3)26-22-13-12-18-8-4-6-10-21(18)28(22)39-31-27(26)30(34-17-35-31)33-16-19-9-5-7-11-23(19)32/h4-15,17,26H,16H2,1-3H3,(H,33,34,35). The zero-order valence-electron chi connectivity index (χ0n) is 21.7. The number of nitrogens with zero attached hydrogens (tertiary/aromatic N) is 2. The smallest absolute Gasteiger partial charge is 0.228 e. The second kappa shape index (κ2) is 10.3. The number of methoxy groups -OCH3 is 3. The predicted octanol–water partition coefficient (Wildman–Crippen LogP) is 7.21. The minimum absolute atomic E-state index is 0.294. The third-order valence-electron chi connectivity index (χ3n) is 6.98. The van der Waals surface area contributed by atoms with Crippen molar-refractivity contribution in [3.63, 3.8) is 0 Å². The molecule has 7 nitrogen and oxygen atoms in total. The van der Waals surface area contributed by atoms with E-state index in [1.54, 1.807) is 21.3 Å². The summed E-state index contributed by atoms with van der Waals surface area (Å²) in [5.41, 5.74) is 3.66. The molecule has 0 amide bonds. The molecule has 5 aromatic rings. The number of anilines is 1. The van der Waals surface area contributed by atoms with Crippen molar-refractivity contribution in [1.82, 2.24) is 9.97 Å². The Morgan fingerprint density at radius 1 is 0.872 bits per heavy atom. The zero-order valence-corrected chi connectivity index (χ0v) is 22.5. The van der Waals surface area contributed by atoms with Gasteiger partial charge in [0.2, 0.25) is 11.6 Å². The summed E-state index contributed by atoms with van der Waals surface area (Å²) in [6.45, 7) is 0.482. The molecule has 8 heteroatoms. The number of rotatable bonds is 7. The molecule has 1 aliphatic rings. The second-order valence-corrected chi connectivity index (χ2v) is 9.49. The van der Waals surface area contributed by atoms with Gasteiger partial charge >= 0.3 is 0 Å². The zero-order chi connectivity index (χ0) is 26.9. The van der Waals surface area contributed by atoms with Crippen LogP contribution in [0.25, 0.3) is 10.8 Å². The Balaban J connectivity index is 1.56. The van der Waals surface area contributed by atoms with E-state index >= 15 is 0 Å². The maximum absolute atomic E-state index is 6.51. The third-order valence-corrected chi connectivity index (χ3v) is 7.35. The molecule has 0 saturated carbocycles. The maximum Gasteiger partial charge on any atom is 0.228 e. The summed E-state index contributed by atoms with van der Waals surface area (Å²) in [6, 6.07) is 24.0. The van der Waals surface area contributed by atoms with E-state index in [1.807, 2.05) is 48.5 Å². The molecule has 1 aliphatic heterocycles. The van der Waals surface area contributed by atoms with Crippen LogP contribution in [-0.4, -0.2) is 31.3 Å². The van der Waals surface area contributed by atoms with Crippen LogP contribution < -0.4 is 24.3 Å². The number of fused-ring (bicyclic) bond motifs is 4. The first-order valence-electron chi connectivity index (χ1n) is 12.4. The van der Waals surface area contributed by atoms with Crippen LogP contribution in [0.1, 0.15) is 28.2 Å². The minimum Gasteiger partial charge on any atom is -0.493 e. The fraction of sp³-hybridized carbons (Fsp3) is 0.161. The lowest BCUT2D eigenvalue weighted by Gasteiger charge is -2.30. The third kappa shape index (κ3) is 4.34. The molecule has 0 saturated heterocycles. The Morgan fingerprint density at radius 2 is 1.62 bits per heavy atom. The number of aromatic nitrogens is 2. The average molecular weight is 540 g/mol. The Kier molecular flexibility index (Phi) is 6.59. The molecule has 2 heterocycles. The van der Waals surface area contributed by atoms with E-state index in [0.29, 0.717) is 40.5 Å². The lowest BCUT2D eigenvalue weighted by Crippen LogP contribution is -2.17. The molecule has 1 unspecified atom stereocenters. The van der Waals surface area contributed by atoms with Crippen molar-refractivity contribution >= 4 is 28.2 Å². The van der Waals surface area contributed by atoms with Gasteiger partial charge in [0, 0.05) is 28.4 Å². The molecular weight excluding hydrogens is 514 g/mol. The molecule has 6 rings (SSSR count). The Bertz CT molecular complexity index is 1670. The molecule has 1 aromatic heterocycles. The first-order chi connectivity index (χ1) is 19.1. The van der Waals surface area contributed by atoms with Gasteiger partial charge in [0.15, 0.2) is 11.5 Å². The maximum atomic E-state index is 6.51. The number of hydrogen-bond acceptors (Lipinski definition) is 7. The highest BCUT2D eigenvalue weighted by Gasteiger charge is 2.35. The molecule has 0 spiro atoms. The molecule has 0 radical (unpaired) electrons. The highest BCUT2D eigenvalue weighted by atomic mass is 35.5. The van der Waals surface area contributed by atoms with Gasteiger partial charge in [-0.05, 0) is 34.7 Å². The van der Waals surface area contributed by atoms with Gasteiger partial charge in [0.25, 0.3) is 0 Å². The molecule has 4 aromatic carbocycles. The van der Waals surface area contributed by atoms with Crippen molar-refractivity contribution in [2.24, 2.45) is 0 Å². The van der Waals surface area contributed by atoms with Crippen LogP contribution in [0.3, 0.4) is 0 Å². The van der Waals surface area contributed by atoms with Crippen molar-refractivity contribution in [3.8, 4) is 28.9 Å². The minimum atomic E-state index is -0.294. The molecule has 1 atom stereocenters. The molecule has 196 valence electrons. The highest BCUT2D eigenvalue weighted by Crippen LogP contribution is 2.53. The van der Waals surface area contributed by atoms with E-state index in [2.05, 4.69) is 39.6 Å². The highest BCUT2D eigenvalue weighted by molar-refractivity contribution is 6.31. The van der Waals surface area contributed by atoms with E-state index < -0.39 is 0 Å². The Hall–Kier alpha value is -4.49. The van der Waals surface area contributed by atoms with Crippen LogP contribution in [0.2, 0.25) is 5.02 Å². The SMILES string of the molecule is COc1cc(C2c3ccc4ccccc4c3Oc3ncnc(NCc4ccccc4Cl)c32)cc(OC)c1OC. The van der Waals surface area contributed by atoms with Crippen LogP contribution in [0, 0.1) is 0 Å². The number of hydrogen-bond donors (Lipinski definition) is 1. The van der Waals surface area contributed by atoms with Crippen molar-refractivity contribution in [1.29, 1.82) is 0 Å². The largest absolute Gasteiger partial charge is 0.493 e. The number of ether oxygens (including phenoxy) is 4. The van der Waals surface area contributed by atoms with E-state index in [1.165, 1.54) is 6.33 Å². The summed E-state index contributed by atoms with van der Waals surface area (Å²) in [5.74, 6) is 3.24.